The fourth-order valence-corrected chi connectivity index (χ4v) is 3.87. The molecule has 3 aliphatic rings. The summed E-state index contributed by atoms with van der Waals surface area (Å²) in [5, 5.41) is 10.5. The normalized spacial score (nSPS) is 34.9. The zero-order valence-corrected chi connectivity index (χ0v) is 9.10. The minimum atomic E-state index is -0.228. The Morgan fingerprint density at radius 1 is 0.786 bits per heavy atom. The molecule has 3 saturated carbocycles. The number of hydrogen-bond acceptors (Lipinski definition) is 1. The molecule has 1 spiro atoms. The first-order chi connectivity index (χ1) is 6.73. The third kappa shape index (κ3) is 1.41. The monoisotopic (exact) mass is 194 g/mol. The molecule has 0 radical (unpaired) electrons. The Bertz CT molecular complexity index is 207. The van der Waals surface area contributed by atoms with Gasteiger partial charge in [-0.15, -0.1) is 0 Å². The largest absolute Gasteiger partial charge is 0.390 e. The first-order valence-corrected chi connectivity index (χ1v) is 6.45. The third-order valence-electron chi connectivity index (χ3n) is 5.18. The summed E-state index contributed by atoms with van der Waals surface area (Å²) in [7, 11) is 0. The molecule has 0 bridgehead atoms. The lowest BCUT2D eigenvalue weighted by atomic mass is 9.66. The van der Waals surface area contributed by atoms with E-state index in [1.807, 2.05) is 0 Å². The van der Waals surface area contributed by atoms with E-state index < -0.39 is 0 Å². The highest BCUT2D eigenvalue weighted by Gasteiger charge is 2.49. The van der Waals surface area contributed by atoms with Gasteiger partial charge in [-0.1, -0.05) is 12.8 Å². The summed E-state index contributed by atoms with van der Waals surface area (Å²) in [4.78, 5) is 0. The maximum atomic E-state index is 10.5. The van der Waals surface area contributed by atoms with Gasteiger partial charge in [-0.3, -0.25) is 0 Å². The summed E-state index contributed by atoms with van der Waals surface area (Å²) in [5.74, 6) is 0.682. The average molecular weight is 194 g/mol. The second-order valence-electron chi connectivity index (χ2n) is 6.08. The van der Waals surface area contributed by atoms with Crippen LogP contribution in [0.4, 0.5) is 0 Å². The van der Waals surface area contributed by atoms with Gasteiger partial charge in [0, 0.05) is 0 Å². The number of rotatable bonds is 1. The fraction of sp³-hybridized carbons (Fsp3) is 1.00. The van der Waals surface area contributed by atoms with Crippen molar-refractivity contribution in [3.63, 3.8) is 0 Å². The lowest BCUT2D eigenvalue weighted by Crippen LogP contribution is -2.39. The van der Waals surface area contributed by atoms with Crippen LogP contribution < -0.4 is 0 Å². The van der Waals surface area contributed by atoms with Crippen molar-refractivity contribution >= 4 is 0 Å². The van der Waals surface area contributed by atoms with E-state index in [2.05, 4.69) is 0 Å². The fourth-order valence-electron chi connectivity index (χ4n) is 3.87. The SMILES string of the molecule is OC1(C2CC2)CCC2(CCCC2)CC1. The lowest BCUT2D eigenvalue weighted by molar-refractivity contribution is -0.0497. The van der Waals surface area contributed by atoms with Crippen LogP contribution in [0.25, 0.3) is 0 Å². The van der Waals surface area contributed by atoms with Crippen molar-refractivity contribution in [2.45, 2.75) is 69.8 Å². The van der Waals surface area contributed by atoms with Crippen molar-refractivity contribution in [3.05, 3.63) is 0 Å². The highest BCUT2D eigenvalue weighted by atomic mass is 16.3. The molecule has 0 aromatic carbocycles. The van der Waals surface area contributed by atoms with Crippen LogP contribution in [0.2, 0.25) is 0 Å². The van der Waals surface area contributed by atoms with Crippen LogP contribution in [0.1, 0.15) is 64.2 Å². The summed E-state index contributed by atoms with van der Waals surface area (Å²) in [5.41, 5.74) is 0.453. The third-order valence-corrected chi connectivity index (χ3v) is 5.18. The summed E-state index contributed by atoms with van der Waals surface area (Å²) in [6.07, 6.45) is 13.2. The molecule has 1 N–H and O–H groups in total. The van der Waals surface area contributed by atoms with Gasteiger partial charge in [0.2, 0.25) is 0 Å². The van der Waals surface area contributed by atoms with Crippen molar-refractivity contribution in [2.24, 2.45) is 11.3 Å². The van der Waals surface area contributed by atoms with Gasteiger partial charge in [0.25, 0.3) is 0 Å². The molecule has 0 aliphatic heterocycles. The maximum Gasteiger partial charge on any atom is 0.0676 e. The van der Waals surface area contributed by atoms with E-state index in [1.165, 1.54) is 51.4 Å². The predicted molar refractivity (Wildman–Crippen MR) is 57.0 cm³/mol. The first-order valence-electron chi connectivity index (χ1n) is 6.45. The van der Waals surface area contributed by atoms with Crippen molar-refractivity contribution in [2.75, 3.05) is 0 Å². The van der Waals surface area contributed by atoms with Crippen LogP contribution in [0.3, 0.4) is 0 Å². The minimum Gasteiger partial charge on any atom is -0.390 e. The van der Waals surface area contributed by atoms with E-state index in [0.717, 1.165) is 12.8 Å². The molecule has 80 valence electrons. The van der Waals surface area contributed by atoms with Crippen molar-refractivity contribution < 1.29 is 5.11 Å². The van der Waals surface area contributed by atoms with Crippen LogP contribution in [0.5, 0.6) is 0 Å². The molecule has 0 amide bonds. The second kappa shape index (κ2) is 2.98. The maximum absolute atomic E-state index is 10.5. The first kappa shape index (κ1) is 9.21. The van der Waals surface area contributed by atoms with E-state index in [9.17, 15) is 5.11 Å². The molecular weight excluding hydrogens is 172 g/mol. The van der Waals surface area contributed by atoms with E-state index in [1.54, 1.807) is 0 Å². The van der Waals surface area contributed by atoms with Crippen LogP contribution in [-0.2, 0) is 0 Å². The molecule has 1 nitrogen and oxygen atoms in total. The van der Waals surface area contributed by atoms with E-state index in [4.69, 9.17) is 0 Å². The predicted octanol–water partition coefficient (Wildman–Crippen LogP) is 3.26. The van der Waals surface area contributed by atoms with E-state index in [-0.39, 0.29) is 5.60 Å². The summed E-state index contributed by atoms with van der Waals surface area (Å²) in [6.45, 7) is 0. The zero-order chi connectivity index (χ0) is 9.65. The van der Waals surface area contributed by atoms with Gasteiger partial charge < -0.3 is 5.11 Å². The Morgan fingerprint density at radius 2 is 1.36 bits per heavy atom. The smallest absolute Gasteiger partial charge is 0.0676 e. The topological polar surface area (TPSA) is 20.2 Å². The number of aliphatic hydroxyl groups is 1. The number of hydrogen-bond donors (Lipinski definition) is 1. The molecule has 0 aromatic heterocycles. The van der Waals surface area contributed by atoms with Crippen LogP contribution in [0.15, 0.2) is 0 Å². The van der Waals surface area contributed by atoms with Crippen LogP contribution >= 0.6 is 0 Å². The standard InChI is InChI=1S/C13H22O/c14-13(11-3-4-11)9-7-12(8-10-13)5-1-2-6-12/h11,14H,1-10H2. The van der Waals surface area contributed by atoms with Gasteiger partial charge >= 0.3 is 0 Å². The van der Waals surface area contributed by atoms with Crippen molar-refractivity contribution in [1.82, 2.24) is 0 Å². The molecule has 0 saturated heterocycles. The van der Waals surface area contributed by atoms with Gasteiger partial charge in [0.05, 0.1) is 5.60 Å². The Hall–Kier alpha value is -0.0400. The average Bonchev–Trinajstić information content (AvgIpc) is 2.95. The van der Waals surface area contributed by atoms with Gasteiger partial charge in [-0.05, 0) is 62.7 Å². The quantitative estimate of drug-likeness (QED) is 0.679. The molecule has 3 fully saturated rings. The molecule has 1 heteroatoms. The molecular formula is C13H22O. The van der Waals surface area contributed by atoms with Gasteiger partial charge in [0.15, 0.2) is 0 Å². The molecule has 3 rings (SSSR count). The van der Waals surface area contributed by atoms with Crippen molar-refractivity contribution in [3.8, 4) is 0 Å². The Morgan fingerprint density at radius 3 is 1.86 bits per heavy atom. The Kier molecular flexibility index (Phi) is 1.96. The molecule has 0 heterocycles. The molecule has 0 unspecified atom stereocenters. The van der Waals surface area contributed by atoms with Crippen molar-refractivity contribution in [1.29, 1.82) is 0 Å². The lowest BCUT2D eigenvalue weighted by Gasteiger charge is -2.42. The highest BCUT2D eigenvalue weighted by molar-refractivity contribution is 5.01. The molecule has 14 heavy (non-hydrogen) atoms. The van der Waals surface area contributed by atoms with Gasteiger partial charge in [0.1, 0.15) is 0 Å². The van der Waals surface area contributed by atoms with Crippen LogP contribution in [0, 0.1) is 11.3 Å². The highest BCUT2D eigenvalue weighted by Crippen LogP contribution is 2.56. The Labute approximate surface area is 86.9 Å². The second-order valence-corrected chi connectivity index (χ2v) is 6.08. The van der Waals surface area contributed by atoms with E-state index in [0.29, 0.717) is 11.3 Å². The molecule has 0 atom stereocenters. The summed E-state index contributed by atoms with van der Waals surface area (Å²) >= 11 is 0. The minimum absolute atomic E-state index is 0.228. The summed E-state index contributed by atoms with van der Waals surface area (Å²) < 4.78 is 0. The molecule has 3 aliphatic carbocycles. The van der Waals surface area contributed by atoms with Gasteiger partial charge in [-0.2, -0.15) is 0 Å². The summed E-state index contributed by atoms with van der Waals surface area (Å²) in [6, 6.07) is 0. The van der Waals surface area contributed by atoms with Gasteiger partial charge in [-0.25, -0.2) is 0 Å². The zero-order valence-electron chi connectivity index (χ0n) is 9.10. The van der Waals surface area contributed by atoms with E-state index >= 15 is 0 Å². The Balaban J connectivity index is 1.66. The molecule has 0 aromatic rings. The van der Waals surface area contributed by atoms with Crippen LogP contribution in [-0.4, -0.2) is 10.7 Å².